The molecular weight excluding hydrogens is 391 g/mol. The number of carbonyl (C=O) groups excluding carboxylic acids is 1. The molecule has 0 unspecified atom stereocenters. The molecule has 10 heteroatoms. The van der Waals surface area contributed by atoms with Crippen LogP contribution in [0.15, 0.2) is 18.3 Å². The Morgan fingerprint density at radius 2 is 1.96 bits per heavy atom. The maximum atomic E-state index is 13.0. The molecule has 0 atom stereocenters. The Morgan fingerprint density at radius 3 is 2.68 bits per heavy atom. The third-order valence-corrected chi connectivity index (χ3v) is 5.95. The number of alkyl halides is 3. The third kappa shape index (κ3) is 3.60. The molecule has 0 bridgehead atoms. The lowest BCUT2D eigenvalue weighted by molar-refractivity contribution is -0.137. The first kappa shape index (κ1) is 18.9. The molecule has 0 spiro atoms. The van der Waals surface area contributed by atoms with Crippen molar-refractivity contribution >= 4 is 28.0 Å². The molecule has 1 aliphatic rings. The molecule has 6 nitrogen and oxygen atoms in total. The fourth-order valence-electron chi connectivity index (χ4n) is 3.56. The summed E-state index contributed by atoms with van der Waals surface area (Å²) in [5.74, 6) is -0.195. The van der Waals surface area contributed by atoms with Crippen LogP contribution < -0.4 is 5.32 Å². The van der Waals surface area contributed by atoms with Crippen molar-refractivity contribution < 1.29 is 18.0 Å². The molecule has 3 aromatic rings. The first-order chi connectivity index (χ1) is 13.3. The summed E-state index contributed by atoms with van der Waals surface area (Å²) in [6.07, 6.45) is 2.06. The summed E-state index contributed by atoms with van der Waals surface area (Å²) in [5.41, 5.74) is -0.179. The Labute approximate surface area is 162 Å². The van der Waals surface area contributed by atoms with Gasteiger partial charge in [-0.3, -0.25) is 14.5 Å². The van der Waals surface area contributed by atoms with E-state index in [4.69, 9.17) is 0 Å². The summed E-state index contributed by atoms with van der Waals surface area (Å²) < 4.78 is 40.3. The van der Waals surface area contributed by atoms with Crippen molar-refractivity contribution in [3.63, 3.8) is 0 Å². The smallest absolute Gasteiger partial charge is 0.295 e. The van der Waals surface area contributed by atoms with E-state index in [0.29, 0.717) is 16.7 Å². The number of halogens is 3. The SMILES string of the molecule is Cc1nc2ccc(C(F)(F)F)cn2c1C(=O)Nc1nnc(C2CCCCC2)s1. The van der Waals surface area contributed by atoms with Crippen LogP contribution in [0.25, 0.3) is 5.65 Å². The molecular formula is C18H18F3N5OS. The van der Waals surface area contributed by atoms with Crippen LogP contribution in [-0.4, -0.2) is 25.5 Å². The number of hydrogen-bond acceptors (Lipinski definition) is 5. The Morgan fingerprint density at radius 1 is 1.21 bits per heavy atom. The molecule has 0 saturated heterocycles. The quantitative estimate of drug-likeness (QED) is 0.674. The van der Waals surface area contributed by atoms with Gasteiger partial charge >= 0.3 is 6.18 Å². The molecule has 3 heterocycles. The number of imidazole rings is 1. The van der Waals surface area contributed by atoms with Gasteiger partial charge < -0.3 is 0 Å². The molecule has 1 fully saturated rings. The molecule has 3 aromatic heterocycles. The predicted octanol–water partition coefficient (Wildman–Crippen LogP) is 4.81. The monoisotopic (exact) mass is 409 g/mol. The fourth-order valence-corrected chi connectivity index (χ4v) is 4.47. The molecule has 1 N–H and O–H groups in total. The van der Waals surface area contributed by atoms with Gasteiger partial charge in [0, 0.05) is 12.1 Å². The zero-order valence-corrected chi connectivity index (χ0v) is 15.9. The minimum absolute atomic E-state index is 0.0514. The van der Waals surface area contributed by atoms with Crippen LogP contribution in [0.4, 0.5) is 18.3 Å². The zero-order chi connectivity index (χ0) is 19.9. The van der Waals surface area contributed by atoms with Crippen molar-refractivity contribution in [3.8, 4) is 0 Å². The number of aryl methyl sites for hydroxylation is 1. The van der Waals surface area contributed by atoms with Crippen molar-refractivity contribution in [1.29, 1.82) is 0 Å². The van der Waals surface area contributed by atoms with Crippen LogP contribution in [0.2, 0.25) is 0 Å². The van der Waals surface area contributed by atoms with E-state index in [2.05, 4.69) is 20.5 Å². The lowest BCUT2D eigenvalue weighted by atomic mass is 9.90. The molecule has 148 valence electrons. The molecule has 1 saturated carbocycles. The van der Waals surface area contributed by atoms with E-state index in [9.17, 15) is 18.0 Å². The van der Waals surface area contributed by atoms with Gasteiger partial charge in [-0.15, -0.1) is 10.2 Å². The van der Waals surface area contributed by atoms with Gasteiger partial charge in [0.25, 0.3) is 5.91 Å². The highest BCUT2D eigenvalue weighted by molar-refractivity contribution is 7.15. The summed E-state index contributed by atoms with van der Waals surface area (Å²) in [6.45, 7) is 1.59. The van der Waals surface area contributed by atoms with Crippen molar-refractivity contribution in [2.24, 2.45) is 0 Å². The van der Waals surface area contributed by atoms with Crippen LogP contribution in [0, 0.1) is 6.92 Å². The molecule has 28 heavy (non-hydrogen) atoms. The number of nitrogens with one attached hydrogen (secondary N) is 1. The lowest BCUT2D eigenvalue weighted by Crippen LogP contribution is -2.16. The summed E-state index contributed by atoms with van der Waals surface area (Å²) in [7, 11) is 0. The molecule has 0 aromatic carbocycles. The standard InChI is InChI=1S/C18H18F3N5OS/c1-10-14(26-9-12(18(19,20)21)7-8-13(26)22-10)15(27)23-17-25-24-16(28-17)11-5-3-2-4-6-11/h7-9,11H,2-6H2,1H3,(H,23,25,27). The van der Waals surface area contributed by atoms with Gasteiger partial charge in [0.1, 0.15) is 16.3 Å². The van der Waals surface area contributed by atoms with E-state index in [1.807, 2.05) is 0 Å². The maximum Gasteiger partial charge on any atom is 0.417 e. The van der Waals surface area contributed by atoms with Crippen molar-refractivity contribution in [2.45, 2.75) is 51.1 Å². The van der Waals surface area contributed by atoms with E-state index in [1.165, 1.54) is 23.8 Å². The second-order valence-electron chi connectivity index (χ2n) is 6.92. The van der Waals surface area contributed by atoms with Crippen LogP contribution in [0.3, 0.4) is 0 Å². The van der Waals surface area contributed by atoms with Gasteiger partial charge in [-0.2, -0.15) is 13.2 Å². The number of amides is 1. The maximum absolute atomic E-state index is 13.0. The zero-order valence-electron chi connectivity index (χ0n) is 15.1. The van der Waals surface area contributed by atoms with E-state index in [1.54, 1.807) is 6.92 Å². The Balaban J connectivity index is 1.60. The molecule has 0 radical (unpaired) electrons. The largest absolute Gasteiger partial charge is 0.417 e. The molecule has 4 rings (SSSR count). The van der Waals surface area contributed by atoms with Gasteiger partial charge in [-0.25, -0.2) is 4.98 Å². The third-order valence-electron chi connectivity index (χ3n) is 4.95. The van der Waals surface area contributed by atoms with Crippen LogP contribution >= 0.6 is 11.3 Å². The Bertz CT molecular complexity index is 1020. The van der Waals surface area contributed by atoms with Gasteiger partial charge in [0.15, 0.2) is 0 Å². The predicted molar refractivity (Wildman–Crippen MR) is 98.6 cm³/mol. The minimum Gasteiger partial charge on any atom is -0.295 e. The van der Waals surface area contributed by atoms with Gasteiger partial charge in [0.05, 0.1) is 11.3 Å². The first-order valence-corrected chi connectivity index (χ1v) is 9.85. The number of carbonyl (C=O) groups is 1. The molecule has 1 aliphatic carbocycles. The average Bonchev–Trinajstić information content (AvgIpc) is 3.24. The molecule has 1 amide bonds. The number of anilines is 1. The number of pyridine rings is 1. The normalized spacial score (nSPS) is 15.9. The van der Waals surface area contributed by atoms with Crippen LogP contribution in [-0.2, 0) is 6.18 Å². The lowest BCUT2D eigenvalue weighted by Gasteiger charge is -2.18. The number of rotatable bonds is 3. The van der Waals surface area contributed by atoms with E-state index in [-0.39, 0.29) is 11.3 Å². The van der Waals surface area contributed by atoms with Gasteiger partial charge in [-0.05, 0) is 31.9 Å². The van der Waals surface area contributed by atoms with Crippen LogP contribution in [0.5, 0.6) is 0 Å². The minimum atomic E-state index is -4.51. The van der Waals surface area contributed by atoms with Crippen molar-refractivity contribution in [1.82, 2.24) is 19.6 Å². The van der Waals surface area contributed by atoms with Gasteiger partial charge in [-0.1, -0.05) is 30.6 Å². The second kappa shape index (κ2) is 7.16. The van der Waals surface area contributed by atoms with Crippen molar-refractivity contribution in [2.75, 3.05) is 5.32 Å². The number of fused-ring (bicyclic) bond motifs is 1. The Kier molecular flexibility index (Phi) is 4.82. The van der Waals surface area contributed by atoms with E-state index in [0.717, 1.165) is 47.4 Å². The highest BCUT2D eigenvalue weighted by Gasteiger charge is 2.32. The number of aromatic nitrogens is 4. The summed E-state index contributed by atoms with van der Waals surface area (Å²) in [5, 5.41) is 12.1. The first-order valence-electron chi connectivity index (χ1n) is 9.03. The number of nitrogens with zero attached hydrogens (tertiary/aromatic N) is 4. The van der Waals surface area contributed by atoms with Gasteiger partial charge in [0.2, 0.25) is 5.13 Å². The Hall–Kier alpha value is -2.49. The topological polar surface area (TPSA) is 72.2 Å². The summed E-state index contributed by atoms with van der Waals surface area (Å²) >= 11 is 1.32. The van der Waals surface area contributed by atoms with Crippen LogP contribution in [0.1, 0.15) is 64.8 Å². The summed E-state index contributed by atoms with van der Waals surface area (Å²) in [6, 6.07) is 2.20. The highest BCUT2D eigenvalue weighted by Crippen LogP contribution is 2.35. The van der Waals surface area contributed by atoms with Crippen molar-refractivity contribution in [3.05, 3.63) is 40.3 Å². The van der Waals surface area contributed by atoms with E-state index < -0.39 is 17.6 Å². The summed E-state index contributed by atoms with van der Waals surface area (Å²) in [4.78, 5) is 16.9. The number of hydrogen-bond donors (Lipinski definition) is 1. The second-order valence-corrected chi connectivity index (χ2v) is 7.93. The fraction of sp³-hybridized carbons (Fsp3) is 0.444. The highest BCUT2D eigenvalue weighted by atomic mass is 32.1. The molecule has 0 aliphatic heterocycles. The average molecular weight is 409 g/mol. The van der Waals surface area contributed by atoms with E-state index >= 15 is 0 Å².